The Morgan fingerprint density at radius 1 is 1.48 bits per heavy atom. The number of nitrogens with zero attached hydrogens (tertiary/aromatic N) is 3. The molecule has 1 saturated heterocycles. The number of hydrogen-bond acceptors (Lipinski definition) is 5. The number of aliphatic carboxylic acids is 1. The van der Waals surface area contributed by atoms with E-state index in [1.165, 1.54) is 15.8 Å². The highest BCUT2D eigenvalue weighted by Crippen LogP contribution is 2.36. The molecule has 1 aromatic heterocycles. The third-order valence-electron chi connectivity index (χ3n) is 4.17. The molecule has 1 N–H and O–H groups in total. The maximum atomic E-state index is 12.3. The Bertz CT molecular complexity index is 697. The zero-order chi connectivity index (χ0) is 17.2. The molecule has 9 heteroatoms. The average Bonchev–Trinajstić information content (AvgIpc) is 2.91. The molecule has 1 aromatic rings. The van der Waals surface area contributed by atoms with Gasteiger partial charge in [0.25, 0.3) is 0 Å². The van der Waals surface area contributed by atoms with Gasteiger partial charge in [0.2, 0.25) is 5.91 Å². The maximum Gasteiger partial charge on any atom is 0.308 e. The second-order valence-electron chi connectivity index (χ2n) is 5.70. The molecule has 0 spiro atoms. The lowest BCUT2D eigenvalue weighted by molar-refractivity contribution is -0.151. The smallest absolute Gasteiger partial charge is 0.308 e. The summed E-state index contributed by atoms with van der Waals surface area (Å²) >= 11 is 0. The van der Waals surface area contributed by atoms with Crippen molar-refractivity contribution in [2.75, 3.05) is 18.1 Å². The van der Waals surface area contributed by atoms with Crippen LogP contribution in [0.25, 0.3) is 0 Å². The van der Waals surface area contributed by atoms with E-state index in [-0.39, 0.29) is 36.8 Å². The quantitative estimate of drug-likeness (QED) is 0.791. The molecule has 1 fully saturated rings. The Labute approximate surface area is 135 Å². The number of sulfone groups is 1. The monoisotopic (exact) mass is 343 g/mol. The highest BCUT2D eigenvalue weighted by Gasteiger charge is 2.41. The number of hydrogen-bond donors (Lipinski definition) is 1. The zero-order valence-electron chi connectivity index (χ0n) is 13.2. The first kappa shape index (κ1) is 17.5. The van der Waals surface area contributed by atoms with Crippen LogP contribution in [0, 0.1) is 5.92 Å². The Balaban J connectivity index is 2.33. The summed E-state index contributed by atoms with van der Waals surface area (Å²) in [5.74, 6) is -2.15. The SMILES string of the molecule is CCS(=O)(=O)CCN1C(=O)CCC(C(=O)O)C1c1cnn(C)c1. The zero-order valence-corrected chi connectivity index (χ0v) is 14.0. The summed E-state index contributed by atoms with van der Waals surface area (Å²) in [6.45, 7) is 1.55. The van der Waals surface area contributed by atoms with E-state index in [9.17, 15) is 23.1 Å². The first-order valence-corrected chi connectivity index (χ1v) is 9.28. The fourth-order valence-electron chi connectivity index (χ4n) is 2.86. The van der Waals surface area contributed by atoms with Gasteiger partial charge in [0, 0.05) is 37.5 Å². The number of carbonyl (C=O) groups excluding carboxylic acids is 1. The molecule has 128 valence electrons. The van der Waals surface area contributed by atoms with E-state index in [0.29, 0.717) is 5.56 Å². The van der Waals surface area contributed by atoms with Crippen molar-refractivity contribution in [1.82, 2.24) is 14.7 Å². The number of rotatable bonds is 6. The fraction of sp³-hybridized carbons (Fsp3) is 0.643. The standard InChI is InChI=1S/C14H21N3O5S/c1-3-23(21,22)7-6-17-12(18)5-4-11(14(19)20)13(17)10-8-15-16(2)9-10/h8-9,11,13H,3-7H2,1-2H3,(H,19,20). The number of carbonyl (C=O) groups is 2. The molecule has 0 saturated carbocycles. The Kier molecular flexibility index (Phi) is 5.08. The normalized spacial score (nSPS) is 22.3. The van der Waals surface area contributed by atoms with Crippen LogP contribution in [0.5, 0.6) is 0 Å². The number of aryl methyl sites for hydroxylation is 1. The molecule has 2 heterocycles. The van der Waals surface area contributed by atoms with Gasteiger partial charge in [-0.3, -0.25) is 14.3 Å². The van der Waals surface area contributed by atoms with Crippen molar-refractivity contribution >= 4 is 21.7 Å². The van der Waals surface area contributed by atoms with Gasteiger partial charge < -0.3 is 10.0 Å². The van der Waals surface area contributed by atoms with E-state index in [2.05, 4.69) is 5.10 Å². The van der Waals surface area contributed by atoms with E-state index in [0.717, 1.165) is 0 Å². The van der Waals surface area contributed by atoms with Crippen LogP contribution in [0.15, 0.2) is 12.4 Å². The van der Waals surface area contributed by atoms with Gasteiger partial charge >= 0.3 is 5.97 Å². The highest BCUT2D eigenvalue weighted by molar-refractivity contribution is 7.91. The number of piperidine rings is 1. The van der Waals surface area contributed by atoms with E-state index >= 15 is 0 Å². The van der Waals surface area contributed by atoms with Crippen LogP contribution in [0.4, 0.5) is 0 Å². The lowest BCUT2D eigenvalue weighted by atomic mass is 9.85. The fourth-order valence-corrected chi connectivity index (χ4v) is 3.63. The van der Waals surface area contributed by atoms with Crippen LogP contribution in [0.1, 0.15) is 31.4 Å². The van der Waals surface area contributed by atoms with Gasteiger partial charge in [-0.05, 0) is 6.42 Å². The molecule has 0 radical (unpaired) electrons. The van der Waals surface area contributed by atoms with Crippen LogP contribution < -0.4 is 0 Å². The maximum absolute atomic E-state index is 12.3. The van der Waals surface area contributed by atoms with Gasteiger partial charge in [0.05, 0.1) is 23.9 Å². The number of carboxylic acids is 1. The molecule has 23 heavy (non-hydrogen) atoms. The van der Waals surface area contributed by atoms with Gasteiger partial charge in [-0.2, -0.15) is 5.10 Å². The van der Waals surface area contributed by atoms with Crippen LogP contribution >= 0.6 is 0 Å². The van der Waals surface area contributed by atoms with E-state index in [1.54, 1.807) is 20.2 Å². The van der Waals surface area contributed by atoms with Gasteiger partial charge in [0.1, 0.15) is 0 Å². The topological polar surface area (TPSA) is 110 Å². The van der Waals surface area contributed by atoms with Crippen molar-refractivity contribution < 1.29 is 23.1 Å². The molecule has 0 bridgehead atoms. The van der Waals surface area contributed by atoms with E-state index in [4.69, 9.17) is 0 Å². The molecule has 2 unspecified atom stereocenters. The lowest BCUT2D eigenvalue weighted by Crippen LogP contribution is -2.47. The van der Waals surface area contributed by atoms with E-state index < -0.39 is 27.8 Å². The van der Waals surface area contributed by atoms with Crippen molar-refractivity contribution in [3.63, 3.8) is 0 Å². The van der Waals surface area contributed by atoms with Crippen LogP contribution in [0.2, 0.25) is 0 Å². The minimum absolute atomic E-state index is 0.00164. The number of amides is 1. The molecule has 1 amide bonds. The lowest BCUT2D eigenvalue weighted by Gasteiger charge is -2.39. The van der Waals surface area contributed by atoms with Crippen molar-refractivity contribution in [2.45, 2.75) is 25.8 Å². The average molecular weight is 343 g/mol. The second kappa shape index (κ2) is 6.69. The van der Waals surface area contributed by atoms with Gasteiger partial charge in [-0.25, -0.2) is 8.42 Å². The van der Waals surface area contributed by atoms with Crippen molar-refractivity contribution in [3.8, 4) is 0 Å². The number of likely N-dealkylation sites (tertiary alicyclic amines) is 1. The molecule has 1 aliphatic rings. The van der Waals surface area contributed by atoms with E-state index in [1.807, 2.05) is 0 Å². The largest absolute Gasteiger partial charge is 0.481 e. The van der Waals surface area contributed by atoms with Gasteiger partial charge in [-0.1, -0.05) is 6.92 Å². The summed E-state index contributed by atoms with van der Waals surface area (Å²) in [6, 6.07) is -0.686. The first-order chi connectivity index (χ1) is 10.7. The van der Waals surface area contributed by atoms with Crippen molar-refractivity contribution in [1.29, 1.82) is 0 Å². The predicted molar refractivity (Wildman–Crippen MR) is 82.3 cm³/mol. The Morgan fingerprint density at radius 3 is 2.70 bits per heavy atom. The van der Waals surface area contributed by atoms with Crippen LogP contribution in [-0.2, 0) is 26.5 Å². The molecule has 1 aliphatic heterocycles. The Hall–Kier alpha value is -1.90. The minimum atomic E-state index is -3.24. The molecule has 0 aliphatic carbocycles. The molecule has 0 aromatic carbocycles. The molecule has 2 rings (SSSR count). The van der Waals surface area contributed by atoms with Crippen LogP contribution in [0.3, 0.4) is 0 Å². The Morgan fingerprint density at radius 2 is 2.17 bits per heavy atom. The summed E-state index contributed by atoms with van der Waals surface area (Å²) in [5, 5.41) is 13.5. The number of aromatic nitrogens is 2. The van der Waals surface area contributed by atoms with Crippen LogP contribution in [-0.4, -0.2) is 58.1 Å². The first-order valence-electron chi connectivity index (χ1n) is 7.46. The summed E-state index contributed by atoms with van der Waals surface area (Å²) in [6.07, 6.45) is 3.55. The van der Waals surface area contributed by atoms with Gasteiger partial charge in [-0.15, -0.1) is 0 Å². The molecular formula is C14H21N3O5S. The summed E-state index contributed by atoms with van der Waals surface area (Å²) in [7, 11) is -1.54. The molecule has 8 nitrogen and oxygen atoms in total. The van der Waals surface area contributed by atoms with Gasteiger partial charge in [0.15, 0.2) is 9.84 Å². The second-order valence-corrected chi connectivity index (χ2v) is 8.17. The third-order valence-corrected chi connectivity index (χ3v) is 5.86. The van der Waals surface area contributed by atoms with Crippen molar-refractivity contribution in [2.24, 2.45) is 13.0 Å². The van der Waals surface area contributed by atoms with Crippen molar-refractivity contribution in [3.05, 3.63) is 18.0 Å². The third kappa shape index (κ3) is 3.90. The summed E-state index contributed by atoms with van der Waals surface area (Å²) in [5.41, 5.74) is 0.613. The highest BCUT2D eigenvalue weighted by atomic mass is 32.2. The molecular weight excluding hydrogens is 322 g/mol. The molecule has 2 atom stereocenters. The summed E-state index contributed by atoms with van der Waals surface area (Å²) in [4.78, 5) is 25.2. The summed E-state index contributed by atoms with van der Waals surface area (Å²) < 4.78 is 25.0. The number of carboxylic acid groups (broad SMARTS) is 1. The minimum Gasteiger partial charge on any atom is -0.481 e. The predicted octanol–water partition coefficient (Wildman–Crippen LogP) is 0.219.